The summed E-state index contributed by atoms with van der Waals surface area (Å²) in [6.45, 7) is 6.20. The van der Waals surface area contributed by atoms with Gasteiger partial charge in [0.25, 0.3) is 0 Å². The van der Waals surface area contributed by atoms with Gasteiger partial charge < -0.3 is 9.84 Å². The lowest BCUT2D eigenvalue weighted by atomic mass is 9.53. The number of nitrogens with zero attached hydrogens (tertiary/aromatic N) is 4. The molecule has 1 N–H and O–H groups in total. The van der Waals surface area contributed by atoms with Crippen LogP contribution in [0.3, 0.4) is 0 Å². The van der Waals surface area contributed by atoms with E-state index in [1.807, 2.05) is 24.3 Å². The minimum Gasteiger partial charge on any atom is -0.349 e. The highest BCUT2D eigenvalue weighted by Crippen LogP contribution is 2.55. The molecule has 2 heterocycles. The number of hydrogen-bond acceptors (Lipinski definition) is 6. The largest absolute Gasteiger partial charge is 0.349 e. The van der Waals surface area contributed by atoms with Crippen molar-refractivity contribution in [3.8, 4) is 11.4 Å². The number of halogens is 1. The maximum atomic E-state index is 13.3. The van der Waals surface area contributed by atoms with Crippen LogP contribution in [0, 0.1) is 17.8 Å². The van der Waals surface area contributed by atoms with Gasteiger partial charge >= 0.3 is 0 Å². The standard InChI is InChI=1S/C26H34ClN5O2/c1-17(25(33)29-26-13-18-10-19(14-26)12-20(11-18)15-26)32-8-6-31(7-9-32)16-23-28-24(30-34-23)21-2-4-22(27)5-3-21/h2-5,17-20H,6-16H2,1H3,(H,29,33)/t17-,18?,19?,20?,26?/m0/s1. The molecule has 2 aromatic rings. The van der Waals surface area contributed by atoms with Crippen LogP contribution >= 0.6 is 11.6 Å². The molecule has 1 amide bonds. The molecule has 4 saturated carbocycles. The van der Waals surface area contributed by atoms with Gasteiger partial charge in [-0.15, -0.1) is 0 Å². The predicted octanol–water partition coefficient (Wildman–Crippen LogP) is 3.98. The Morgan fingerprint density at radius 2 is 1.71 bits per heavy atom. The summed E-state index contributed by atoms with van der Waals surface area (Å²) in [7, 11) is 0. The molecule has 8 heteroatoms. The number of piperazine rings is 1. The van der Waals surface area contributed by atoms with E-state index >= 15 is 0 Å². The molecule has 7 rings (SSSR count). The lowest BCUT2D eigenvalue weighted by Crippen LogP contribution is -2.63. The average Bonchev–Trinajstić information content (AvgIpc) is 3.27. The number of nitrogens with one attached hydrogen (secondary N) is 1. The van der Waals surface area contributed by atoms with Crippen LogP contribution < -0.4 is 5.32 Å². The maximum absolute atomic E-state index is 13.3. The highest BCUT2D eigenvalue weighted by Gasteiger charge is 2.51. The van der Waals surface area contributed by atoms with Crippen LogP contribution in [0.5, 0.6) is 0 Å². The second-order valence-corrected chi connectivity index (χ2v) is 11.6. The summed E-state index contributed by atoms with van der Waals surface area (Å²) < 4.78 is 5.49. The first kappa shape index (κ1) is 22.5. The Morgan fingerprint density at radius 3 is 2.32 bits per heavy atom. The van der Waals surface area contributed by atoms with Crippen LogP contribution in [0.15, 0.2) is 28.8 Å². The van der Waals surface area contributed by atoms with Crippen molar-refractivity contribution in [2.75, 3.05) is 26.2 Å². The normalized spacial score (nSPS) is 32.1. The van der Waals surface area contributed by atoms with Gasteiger partial charge in [0, 0.05) is 42.3 Å². The Kier molecular flexibility index (Phi) is 5.90. The monoisotopic (exact) mass is 483 g/mol. The summed E-state index contributed by atoms with van der Waals surface area (Å²) in [4.78, 5) is 22.4. The maximum Gasteiger partial charge on any atom is 0.241 e. The predicted molar refractivity (Wildman–Crippen MR) is 130 cm³/mol. The summed E-state index contributed by atoms with van der Waals surface area (Å²) in [6.07, 6.45) is 7.80. The van der Waals surface area contributed by atoms with E-state index in [0.717, 1.165) is 49.5 Å². The summed E-state index contributed by atoms with van der Waals surface area (Å²) in [5, 5.41) is 8.36. The van der Waals surface area contributed by atoms with E-state index in [4.69, 9.17) is 16.1 Å². The first-order valence-electron chi connectivity index (χ1n) is 12.8. The summed E-state index contributed by atoms with van der Waals surface area (Å²) >= 11 is 5.97. The topological polar surface area (TPSA) is 74.5 Å². The van der Waals surface area contributed by atoms with Gasteiger partial charge in [-0.1, -0.05) is 16.8 Å². The SMILES string of the molecule is C[C@@H](C(=O)NC12CC3CC(CC(C3)C1)C2)N1CCN(Cc2nc(-c3ccc(Cl)cc3)no2)CC1. The zero-order valence-corrected chi connectivity index (χ0v) is 20.6. The van der Waals surface area contributed by atoms with Crippen molar-refractivity contribution in [2.24, 2.45) is 17.8 Å². The van der Waals surface area contributed by atoms with Gasteiger partial charge in [0.15, 0.2) is 0 Å². The van der Waals surface area contributed by atoms with Gasteiger partial charge in [-0.25, -0.2) is 0 Å². The lowest BCUT2D eigenvalue weighted by Gasteiger charge is -2.57. The molecule has 0 unspecified atom stereocenters. The van der Waals surface area contributed by atoms with E-state index in [2.05, 4.69) is 32.2 Å². The van der Waals surface area contributed by atoms with E-state index < -0.39 is 0 Å². The van der Waals surface area contributed by atoms with Crippen LogP contribution in [0.4, 0.5) is 0 Å². The van der Waals surface area contributed by atoms with Gasteiger partial charge in [0.1, 0.15) is 0 Å². The molecule has 1 atom stereocenters. The van der Waals surface area contributed by atoms with Crippen molar-refractivity contribution in [1.29, 1.82) is 0 Å². The van der Waals surface area contributed by atoms with Crippen molar-refractivity contribution < 1.29 is 9.32 Å². The highest BCUT2D eigenvalue weighted by molar-refractivity contribution is 6.30. The van der Waals surface area contributed by atoms with E-state index in [9.17, 15) is 4.79 Å². The minimum atomic E-state index is -0.0879. The third-order valence-corrected chi connectivity index (χ3v) is 8.94. The van der Waals surface area contributed by atoms with E-state index in [-0.39, 0.29) is 17.5 Å². The lowest BCUT2D eigenvalue weighted by molar-refractivity contribution is -0.132. The van der Waals surface area contributed by atoms with E-state index in [1.54, 1.807) is 0 Å². The van der Waals surface area contributed by atoms with Crippen LogP contribution in [-0.4, -0.2) is 63.6 Å². The Bertz CT molecular complexity index is 995. The smallest absolute Gasteiger partial charge is 0.241 e. The van der Waals surface area contributed by atoms with E-state index in [1.165, 1.54) is 38.5 Å². The summed E-state index contributed by atoms with van der Waals surface area (Å²) in [5.74, 6) is 3.95. The summed E-state index contributed by atoms with van der Waals surface area (Å²) in [5.41, 5.74) is 0.977. The first-order chi connectivity index (χ1) is 16.4. The molecule has 34 heavy (non-hydrogen) atoms. The van der Waals surface area contributed by atoms with Gasteiger partial charge in [-0.05, 0) is 87.5 Å². The van der Waals surface area contributed by atoms with Gasteiger partial charge in [0.2, 0.25) is 17.6 Å². The quantitative estimate of drug-likeness (QED) is 0.669. The Morgan fingerprint density at radius 1 is 1.09 bits per heavy atom. The zero-order chi connectivity index (χ0) is 23.3. The molecule has 1 saturated heterocycles. The fourth-order valence-electron chi connectivity index (χ4n) is 7.33. The first-order valence-corrected chi connectivity index (χ1v) is 13.2. The van der Waals surface area contributed by atoms with Crippen molar-refractivity contribution >= 4 is 17.5 Å². The van der Waals surface area contributed by atoms with Crippen molar-refractivity contribution in [3.63, 3.8) is 0 Å². The Hall–Kier alpha value is -1.96. The Balaban J connectivity index is 1.00. The van der Waals surface area contributed by atoms with Gasteiger partial charge in [0.05, 0.1) is 12.6 Å². The van der Waals surface area contributed by atoms with Crippen molar-refractivity contribution in [2.45, 2.75) is 63.6 Å². The van der Waals surface area contributed by atoms with Crippen LogP contribution in [-0.2, 0) is 11.3 Å². The highest BCUT2D eigenvalue weighted by atomic mass is 35.5. The minimum absolute atomic E-state index is 0.0850. The summed E-state index contributed by atoms with van der Waals surface area (Å²) in [6, 6.07) is 7.35. The van der Waals surface area contributed by atoms with Crippen LogP contribution in [0.1, 0.15) is 51.3 Å². The van der Waals surface area contributed by atoms with Gasteiger partial charge in [-0.2, -0.15) is 4.98 Å². The van der Waals surface area contributed by atoms with Crippen LogP contribution in [0.25, 0.3) is 11.4 Å². The second kappa shape index (κ2) is 8.92. The fraction of sp³-hybridized carbons (Fsp3) is 0.654. The third-order valence-electron chi connectivity index (χ3n) is 8.69. The van der Waals surface area contributed by atoms with E-state index in [0.29, 0.717) is 23.3 Å². The van der Waals surface area contributed by atoms with Crippen molar-refractivity contribution in [3.05, 3.63) is 35.2 Å². The molecule has 5 fully saturated rings. The number of hydrogen-bond donors (Lipinski definition) is 1. The molecule has 4 bridgehead atoms. The molecule has 0 spiro atoms. The number of rotatable bonds is 6. The molecule has 7 nitrogen and oxygen atoms in total. The average molecular weight is 484 g/mol. The second-order valence-electron chi connectivity index (χ2n) is 11.2. The number of amides is 1. The zero-order valence-electron chi connectivity index (χ0n) is 19.9. The fourth-order valence-corrected chi connectivity index (χ4v) is 7.46. The molecule has 1 aromatic heterocycles. The molecule has 1 aromatic carbocycles. The molecular weight excluding hydrogens is 450 g/mol. The molecular formula is C26H34ClN5O2. The number of carbonyl (C=O) groups is 1. The number of aromatic nitrogens is 2. The molecule has 1 aliphatic heterocycles. The Labute approximate surface area is 206 Å². The number of carbonyl (C=O) groups excluding carboxylic acids is 1. The van der Waals surface area contributed by atoms with Crippen molar-refractivity contribution in [1.82, 2.24) is 25.3 Å². The molecule has 182 valence electrons. The molecule has 5 aliphatic rings. The van der Waals surface area contributed by atoms with Gasteiger partial charge in [-0.3, -0.25) is 14.6 Å². The third kappa shape index (κ3) is 4.50. The molecule has 0 radical (unpaired) electrons. The van der Waals surface area contributed by atoms with Crippen LogP contribution in [0.2, 0.25) is 5.02 Å². The number of benzene rings is 1. The molecule has 4 aliphatic carbocycles.